The van der Waals surface area contributed by atoms with Gasteiger partial charge in [0.25, 0.3) is 0 Å². The van der Waals surface area contributed by atoms with Crippen molar-refractivity contribution in [3.8, 4) is 0 Å². The molecule has 1 aromatic rings. The highest BCUT2D eigenvalue weighted by Crippen LogP contribution is 2.36. The van der Waals surface area contributed by atoms with Crippen molar-refractivity contribution >= 4 is 21.6 Å². The van der Waals surface area contributed by atoms with E-state index in [0.29, 0.717) is 0 Å². The van der Waals surface area contributed by atoms with Crippen molar-refractivity contribution in [2.24, 2.45) is 11.7 Å². The summed E-state index contributed by atoms with van der Waals surface area (Å²) >= 11 is 3.58. The smallest absolute Gasteiger partial charge is 0.0495 e. The van der Waals surface area contributed by atoms with Gasteiger partial charge in [-0.25, -0.2) is 0 Å². The highest BCUT2D eigenvalue weighted by atomic mass is 79.9. The van der Waals surface area contributed by atoms with Crippen molar-refractivity contribution in [2.45, 2.75) is 57.9 Å². The second-order valence-electron chi connectivity index (χ2n) is 6.36. The molecule has 1 fully saturated rings. The lowest BCUT2D eigenvalue weighted by atomic mass is 9.75. The Hall–Kier alpha value is -0.540. The fraction of sp³-hybridized carbons (Fsp3) is 0.647. The number of anilines is 1. The van der Waals surface area contributed by atoms with E-state index in [4.69, 9.17) is 5.73 Å². The van der Waals surface area contributed by atoms with Gasteiger partial charge in [-0.2, -0.15) is 0 Å². The predicted octanol–water partition coefficient (Wildman–Crippen LogP) is 4.86. The Morgan fingerprint density at radius 2 is 2.00 bits per heavy atom. The molecule has 2 rings (SSSR count). The van der Waals surface area contributed by atoms with Crippen molar-refractivity contribution in [2.75, 3.05) is 11.9 Å². The molecule has 0 spiro atoms. The van der Waals surface area contributed by atoms with E-state index in [2.05, 4.69) is 53.3 Å². The van der Waals surface area contributed by atoms with E-state index in [0.717, 1.165) is 16.9 Å². The topological polar surface area (TPSA) is 38.0 Å². The summed E-state index contributed by atoms with van der Waals surface area (Å²) in [5.41, 5.74) is 8.67. The van der Waals surface area contributed by atoms with Crippen LogP contribution in [0.3, 0.4) is 0 Å². The number of hydrogen-bond donors (Lipinski definition) is 2. The van der Waals surface area contributed by atoms with Crippen molar-refractivity contribution in [3.05, 3.63) is 28.2 Å². The molecule has 0 radical (unpaired) electrons. The van der Waals surface area contributed by atoms with Gasteiger partial charge in [0.05, 0.1) is 0 Å². The van der Waals surface area contributed by atoms with E-state index in [-0.39, 0.29) is 5.54 Å². The Balaban J connectivity index is 2.05. The summed E-state index contributed by atoms with van der Waals surface area (Å²) in [5.74, 6) is 0.908. The van der Waals surface area contributed by atoms with Gasteiger partial charge >= 0.3 is 0 Å². The second-order valence-corrected chi connectivity index (χ2v) is 7.27. The van der Waals surface area contributed by atoms with Gasteiger partial charge in [0.1, 0.15) is 0 Å². The van der Waals surface area contributed by atoms with Crippen LogP contribution in [0.2, 0.25) is 0 Å². The molecule has 2 nitrogen and oxygen atoms in total. The summed E-state index contributed by atoms with van der Waals surface area (Å²) in [5, 5.41) is 3.73. The molecule has 0 bridgehead atoms. The van der Waals surface area contributed by atoms with Gasteiger partial charge in [0, 0.05) is 22.2 Å². The summed E-state index contributed by atoms with van der Waals surface area (Å²) in [7, 11) is 0. The number of rotatable bonds is 5. The van der Waals surface area contributed by atoms with Crippen LogP contribution in [0.25, 0.3) is 0 Å². The minimum absolute atomic E-state index is 0.0947. The molecule has 20 heavy (non-hydrogen) atoms. The molecule has 0 saturated heterocycles. The van der Waals surface area contributed by atoms with Crippen molar-refractivity contribution in [1.82, 2.24) is 0 Å². The van der Waals surface area contributed by atoms with Crippen LogP contribution in [0.5, 0.6) is 0 Å². The van der Waals surface area contributed by atoms with Gasteiger partial charge in [-0.1, -0.05) is 35.7 Å². The van der Waals surface area contributed by atoms with Crippen molar-refractivity contribution in [3.63, 3.8) is 0 Å². The molecule has 0 atom stereocenters. The Morgan fingerprint density at radius 1 is 1.30 bits per heavy atom. The molecule has 0 heterocycles. The monoisotopic (exact) mass is 338 g/mol. The quantitative estimate of drug-likeness (QED) is 0.804. The van der Waals surface area contributed by atoms with Crippen molar-refractivity contribution < 1.29 is 0 Å². The number of nitrogens with two attached hydrogens (primary N) is 1. The van der Waals surface area contributed by atoms with Gasteiger partial charge in [-0.05, 0) is 62.3 Å². The van der Waals surface area contributed by atoms with Crippen LogP contribution in [-0.2, 0) is 0 Å². The van der Waals surface area contributed by atoms with Crippen LogP contribution in [0, 0.1) is 12.8 Å². The first-order chi connectivity index (χ1) is 9.57. The summed E-state index contributed by atoms with van der Waals surface area (Å²) in [6, 6.07) is 6.50. The zero-order valence-electron chi connectivity index (χ0n) is 12.7. The Morgan fingerprint density at radius 3 is 2.55 bits per heavy atom. The third kappa shape index (κ3) is 3.98. The standard InChI is InChI=1S/C17H27BrN2/c1-3-4-14-5-7-17(12-19,8-6-14)20-16-10-13(2)9-15(18)11-16/h9-11,14,20H,3-8,12,19H2,1-2H3. The summed E-state index contributed by atoms with van der Waals surface area (Å²) < 4.78 is 1.13. The number of hydrogen-bond acceptors (Lipinski definition) is 2. The van der Waals surface area contributed by atoms with Crippen LogP contribution >= 0.6 is 15.9 Å². The van der Waals surface area contributed by atoms with Crippen molar-refractivity contribution in [1.29, 1.82) is 0 Å². The predicted molar refractivity (Wildman–Crippen MR) is 91.2 cm³/mol. The average Bonchev–Trinajstić information content (AvgIpc) is 2.40. The lowest BCUT2D eigenvalue weighted by Gasteiger charge is -2.41. The summed E-state index contributed by atoms with van der Waals surface area (Å²) in [6.07, 6.45) is 7.69. The molecule has 112 valence electrons. The van der Waals surface area contributed by atoms with Gasteiger partial charge in [0.15, 0.2) is 0 Å². The summed E-state index contributed by atoms with van der Waals surface area (Å²) in [4.78, 5) is 0. The first kappa shape index (κ1) is 15.8. The first-order valence-electron chi connectivity index (χ1n) is 7.82. The Labute approximate surface area is 131 Å². The number of nitrogens with one attached hydrogen (secondary N) is 1. The molecule has 1 saturated carbocycles. The minimum atomic E-state index is 0.0947. The first-order valence-corrected chi connectivity index (χ1v) is 8.61. The number of halogens is 1. The van der Waals surface area contributed by atoms with Crippen LogP contribution in [0.15, 0.2) is 22.7 Å². The average molecular weight is 339 g/mol. The van der Waals surface area contributed by atoms with Gasteiger partial charge in [-0.15, -0.1) is 0 Å². The van der Waals surface area contributed by atoms with Gasteiger partial charge in [0.2, 0.25) is 0 Å². The Kier molecular flexibility index (Phi) is 5.50. The van der Waals surface area contributed by atoms with Crippen LogP contribution in [-0.4, -0.2) is 12.1 Å². The zero-order chi connectivity index (χ0) is 14.6. The molecule has 1 aromatic carbocycles. The molecule has 0 unspecified atom stereocenters. The summed E-state index contributed by atoms with van der Waals surface area (Å²) in [6.45, 7) is 5.13. The molecular weight excluding hydrogens is 312 g/mol. The SMILES string of the molecule is CCCC1CCC(CN)(Nc2cc(C)cc(Br)c2)CC1. The zero-order valence-corrected chi connectivity index (χ0v) is 14.3. The molecule has 0 aliphatic heterocycles. The molecule has 1 aliphatic rings. The lowest BCUT2D eigenvalue weighted by Crippen LogP contribution is -2.48. The fourth-order valence-electron chi connectivity index (χ4n) is 3.42. The van der Waals surface area contributed by atoms with E-state index in [1.807, 2.05) is 0 Å². The molecule has 1 aliphatic carbocycles. The van der Waals surface area contributed by atoms with Crippen LogP contribution in [0.1, 0.15) is 51.0 Å². The molecular formula is C17H27BrN2. The van der Waals surface area contributed by atoms with Crippen LogP contribution in [0.4, 0.5) is 5.69 Å². The highest BCUT2D eigenvalue weighted by Gasteiger charge is 2.33. The maximum atomic E-state index is 6.11. The molecule has 0 amide bonds. The second kappa shape index (κ2) is 6.95. The molecule has 3 heteroatoms. The molecule has 0 aromatic heterocycles. The minimum Gasteiger partial charge on any atom is -0.378 e. The normalized spacial score (nSPS) is 26.5. The fourth-order valence-corrected chi connectivity index (χ4v) is 4.03. The highest BCUT2D eigenvalue weighted by molar-refractivity contribution is 9.10. The van der Waals surface area contributed by atoms with E-state index in [1.54, 1.807) is 0 Å². The third-order valence-corrected chi connectivity index (χ3v) is 5.06. The molecule has 3 N–H and O–H groups in total. The largest absolute Gasteiger partial charge is 0.378 e. The lowest BCUT2D eigenvalue weighted by molar-refractivity contribution is 0.247. The van der Waals surface area contributed by atoms with Gasteiger partial charge < -0.3 is 11.1 Å². The van der Waals surface area contributed by atoms with E-state index >= 15 is 0 Å². The Bertz CT molecular complexity index is 416. The number of benzene rings is 1. The van der Waals surface area contributed by atoms with E-state index in [1.165, 1.54) is 49.8 Å². The van der Waals surface area contributed by atoms with E-state index in [9.17, 15) is 0 Å². The van der Waals surface area contributed by atoms with E-state index < -0.39 is 0 Å². The maximum absolute atomic E-state index is 6.11. The maximum Gasteiger partial charge on any atom is 0.0495 e. The third-order valence-electron chi connectivity index (χ3n) is 4.60. The van der Waals surface area contributed by atoms with Crippen LogP contribution < -0.4 is 11.1 Å². The van der Waals surface area contributed by atoms with Gasteiger partial charge in [-0.3, -0.25) is 0 Å². The number of aryl methyl sites for hydroxylation is 1.